The van der Waals surface area contributed by atoms with Crippen molar-refractivity contribution in [3.63, 3.8) is 0 Å². The van der Waals surface area contributed by atoms with E-state index in [9.17, 15) is 13.2 Å². The molecule has 0 aliphatic carbocycles. The number of benzene rings is 3. The van der Waals surface area contributed by atoms with Gasteiger partial charge in [0.25, 0.3) is 10.0 Å². The van der Waals surface area contributed by atoms with Crippen LogP contribution in [0.25, 0.3) is 0 Å². The van der Waals surface area contributed by atoms with Crippen LogP contribution in [0.15, 0.2) is 71.6 Å². The van der Waals surface area contributed by atoms with Crippen molar-refractivity contribution in [3.8, 4) is 5.75 Å². The molecule has 162 valence electrons. The molecular weight excluding hydrogens is 459 g/mol. The number of para-hydroxylation sites is 1. The number of hydrogen-bond acceptors (Lipinski definition) is 4. The third kappa shape index (κ3) is 5.31. The minimum atomic E-state index is -4.03. The van der Waals surface area contributed by atoms with Gasteiger partial charge in [0.1, 0.15) is 12.3 Å². The van der Waals surface area contributed by atoms with Crippen molar-refractivity contribution in [1.82, 2.24) is 0 Å². The molecule has 0 unspecified atom stereocenters. The van der Waals surface area contributed by atoms with Crippen LogP contribution in [0, 0.1) is 6.92 Å². The highest BCUT2D eigenvalue weighted by atomic mass is 35.5. The van der Waals surface area contributed by atoms with E-state index >= 15 is 0 Å². The van der Waals surface area contributed by atoms with Crippen molar-refractivity contribution in [2.24, 2.45) is 0 Å². The lowest BCUT2D eigenvalue weighted by Crippen LogP contribution is -2.38. The number of methoxy groups -OCH3 is 1. The van der Waals surface area contributed by atoms with Crippen LogP contribution in [-0.2, 0) is 14.8 Å². The number of sulfonamides is 1. The van der Waals surface area contributed by atoms with E-state index in [1.807, 2.05) is 0 Å². The highest BCUT2D eigenvalue weighted by Crippen LogP contribution is 2.29. The van der Waals surface area contributed by atoms with E-state index in [0.29, 0.717) is 32.7 Å². The molecule has 0 spiro atoms. The van der Waals surface area contributed by atoms with Gasteiger partial charge in [0, 0.05) is 10.7 Å². The van der Waals surface area contributed by atoms with Crippen LogP contribution in [0.2, 0.25) is 10.0 Å². The molecule has 0 aliphatic heterocycles. The highest BCUT2D eigenvalue weighted by Gasteiger charge is 2.28. The Morgan fingerprint density at radius 3 is 2.32 bits per heavy atom. The normalized spacial score (nSPS) is 11.1. The first-order valence-electron chi connectivity index (χ1n) is 9.19. The Morgan fingerprint density at radius 1 is 1.03 bits per heavy atom. The number of ether oxygens (including phenoxy) is 1. The van der Waals surface area contributed by atoms with Crippen molar-refractivity contribution >= 4 is 50.5 Å². The number of rotatable bonds is 7. The summed E-state index contributed by atoms with van der Waals surface area (Å²) in [4.78, 5) is 12.8. The van der Waals surface area contributed by atoms with Gasteiger partial charge in [-0.2, -0.15) is 0 Å². The molecule has 0 fully saturated rings. The number of hydrogen-bond donors (Lipinski definition) is 1. The van der Waals surface area contributed by atoms with Crippen LogP contribution in [0.1, 0.15) is 5.56 Å². The van der Waals surface area contributed by atoms with Crippen LogP contribution < -0.4 is 14.4 Å². The Kier molecular flexibility index (Phi) is 7.10. The number of nitrogens with one attached hydrogen (secondary N) is 1. The molecule has 0 radical (unpaired) electrons. The summed E-state index contributed by atoms with van der Waals surface area (Å²) in [5.74, 6) is -0.0615. The summed E-state index contributed by atoms with van der Waals surface area (Å²) in [6, 6.07) is 17.5. The highest BCUT2D eigenvalue weighted by molar-refractivity contribution is 7.92. The molecule has 0 aromatic heterocycles. The van der Waals surface area contributed by atoms with Gasteiger partial charge < -0.3 is 10.1 Å². The van der Waals surface area contributed by atoms with Gasteiger partial charge >= 0.3 is 0 Å². The fourth-order valence-corrected chi connectivity index (χ4v) is 4.82. The first-order chi connectivity index (χ1) is 14.7. The first kappa shape index (κ1) is 22.9. The molecule has 0 saturated heterocycles. The third-order valence-corrected chi connectivity index (χ3v) is 6.83. The summed E-state index contributed by atoms with van der Waals surface area (Å²) in [6.45, 7) is 1.35. The topological polar surface area (TPSA) is 75.7 Å². The largest absolute Gasteiger partial charge is 0.495 e. The zero-order valence-corrected chi connectivity index (χ0v) is 19.1. The minimum absolute atomic E-state index is 0.0282. The maximum Gasteiger partial charge on any atom is 0.264 e. The number of anilines is 2. The van der Waals surface area contributed by atoms with Crippen LogP contribution in [-0.4, -0.2) is 28.0 Å². The molecule has 3 rings (SSSR count). The Bertz CT molecular complexity index is 1200. The monoisotopic (exact) mass is 478 g/mol. The Hall–Kier alpha value is -2.74. The summed E-state index contributed by atoms with van der Waals surface area (Å²) in [6.07, 6.45) is 0. The average Bonchev–Trinajstić information content (AvgIpc) is 2.73. The maximum absolute atomic E-state index is 13.4. The second-order valence-electron chi connectivity index (χ2n) is 6.65. The Labute approximate surface area is 191 Å². The van der Waals surface area contributed by atoms with Crippen molar-refractivity contribution in [2.45, 2.75) is 11.8 Å². The molecule has 0 saturated carbocycles. The van der Waals surface area contributed by atoms with Gasteiger partial charge in [-0.1, -0.05) is 41.4 Å². The molecule has 31 heavy (non-hydrogen) atoms. The van der Waals surface area contributed by atoms with E-state index in [-0.39, 0.29) is 4.90 Å². The number of carbonyl (C=O) groups is 1. The number of carbonyl (C=O) groups excluding carboxylic acids is 1. The number of amides is 1. The van der Waals surface area contributed by atoms with Gasteiger partial charge in [-0.3, -0.25) is 9.10 Å². The van der Waals surface area contributed by atoms with Crippen LogP contribution in [0.5, 0.6) is 5.75 Å². The van der Waals surface area contributed by atoms with Gasteiger partial charge in [-0.15, -0.1) is 0 Å². The molecule has 0 aliphatic rings. The van der Waals surface area contributed by atoms with Gasteiger partial charge in [0.05, 0.1) is 22.7 Å². The predicted octanol–water partition coefficient (Wildman–Crippen LogP) is 5.14. The van der Waals surface area contributed by atoms with Crippen molar-refractivity contribution in [2.75, 3.05) is 23.3 Å². The smallest absolute Gasteiger partial charge is 0.264 e. The first-order valence-corrected chi connectivity index (χ1v) is 11.4. The summed E-state index contributed by atoms with van der Waals surface area (Å²) >= 11 is 12.0. The van der Waals surface area contributed by atoms with Gasteiger partial charge in [0.15, 0.2) is 0 Å². The maximum atomic E-state index is 13.4. The molecule has 9 heteroatoms. The van der Waals surface area contributed by atoms with E-state index in [0.717, 1.165) is 4.31 Å². The molecule has 0 heterocycles. The Morgan fingerprint density at radius 2 is 1.71 bits per heavy atom. The van der Waals surface area contributed by atoms with Crippen LogP contribution in [0.4, 0.5) is 11.4 Å². The van der Waals surface area contributed by atoms with Crippen molar-refractivity contribution in [1.29, 1.82) is 0 Å². The zero-order chi connectivity index (χ0) is 22.6. The minimum Gasteiger partial charge on any atom is -0.495 e. The lowest BCUT2D eigenvalue weighted by atomic mass is 10.2. The van der Waals surface area contributed by atoms with Crippen LogP contribution in [0.3, 0.4) is 0 Å². The second kappa shape index (κ2) is 9.60. The predicted molar refractivity (Wildman–Crippen MR) is 124 cm³/mol. The molecule has 1 N–H and O–H groups in total. The lowest BCUT2D eigenvalue weighted by molar-refractivity contribution is -0.114. The SMILES string of the molecule is COc1ccc(NC(=O)CN(c2ccccc2C)S(=O)(=O)c2ccc(Cl)cc2)cc1Cl. The van der Waals surface area contributed by atoms with Gasteiger partial charge in [-0.25, -0.2) is 8.42 Å². The molecule has 3 aromatic rings. The summed E-state index contributed by atoms with van der Waals surface area (Å²) in [7, 11) is -2.54. The summed E-state index contributed by atoms with van der Waals surface area (Å²) in [5.41, 5.74) is 1.53. The second-order valence-corrected chi connectivity index (χ2v) is 9.36. The zero-order valence-electron chi connectivity index (χ0n) is 16.8. The summed E-state index contributed by atoms with van der Waals surface area (Å²) < 4.78 is 33.0. The van der Waals surface area contributed by atoms with Gasteiger partial charge in [0.2, 0.25) is 5.91 Å². The molecular formula is C22H20Cl2N2O4S. The molecule has 3 aromatic carbocycles. The Balaban J connectivity index is 1.94. The molecule has 1 amide bonds. The summed E-state index contributed by atoms with van der Waals surface area (Å²) in [5, 5.41) is 3.42. The third-order valence-electron chi connectivity index (χ3n) is 4.51. The average molecular weight is 479 g/mol. The number of nitrogens with zero attached hydrogens (tertiary/aromatic N) is 1. The fourth-order valence-electron chi connectivity index (χ4n) is 2.95. The quantitative estimate of drug-likeness (QED) is 0.509. The number of aryl methyl sites for hydroxylation is 1. The van der Waals surface area contributed by atoms with E-state index in [4.69, 9.17) is 27.9 Å². The van der Waals surface area contributed by atoms with E-state index in [2.05, 4.69) is 5.32 Å². The van der Waals surface area contributed by atoms with E-state index < -0.39 is 22.5 Å². The van der Waals surface area contributed by atoms with Crippen molar-refractivity contribution in [3.05, 3.63) is 82.3 Å². The van der Waals surface area contributed by atoms with Crippen LogP contribution >= 0.6 is 23.2 Å². The van der Waals surface area contributed by atoms with E-state index in [1.165, 1.54) is 37.4 Å². The fraction of sp³-hybridized carbons (Fsp3) is 0.136. The lowest BCUT2D eigenvalue weighted by Gasteiger charge is -2.25. The number of halogens is 2. The van der Waals surface area contributed by atoms with Gasteiger partial charge in [-0.05, 0) is 61.0 Å². The van der Waals surface area contributed by atoms with Crippen molar-refractivity contribution < 1.29 is 17.9 Å². The van der Waals surface area contributed by atoms with E-state index in [1.54, 1.807) is 43.3 Å². The molecule has 6 nitrogen and oxygen atoms in total. The standard InChI is InChI=1S/C22H20Cl2N2O4S/c1-15-5-3-4-6-20(15)26(31(28,29)18-10-7-16(23)8-11-18)14-22(27)25-17-9-12-21(30-2)19(24)13-17/h3-13H,14H2,1-2H3,(H,25,27). The molecule has 0 atom stereocenters. The molecule has 0 bridgehead atoms.